The maximum Gasteiger partial charge on any atom is 0.315 e. The van der Waals surface area contributed by atoms with Crippen LogP contribution in [0.25, 0.3) is 0 Å². The van der Waals surface area contributed by atoms with Crippen LogP contribution in [0.2, 0.25) is 0 Å². The predicted octanol–water partition coefficient (Wildman–Crippen LogP) is -6.14. The van der Waals surface area contributed by atoms with Crippen LogP contribution in [0.3, 0.4) is 0 Å². The Morgan fingerprint density at radius 3 is 1.66 bits per heavy atom. The van der Waals surface area contributed by atoms with Crippen LogP contribution in [0.4, 0.5) is 0 Å². The Hall–Kier alpha value is -1.99. The van der Waals surface area contributed by atoms with Gasteiger partial charge in [-0.3, -0.25) is 4.79 Å². The number of esters is 1. The van der Waals surface area contributed by atoms with Crippen molar-refractivity contribution >= 4 is 5.97 Å². The molecule has 0 radical (unpaired) electrons. The number of rotatable bonds is 15. The van der Waals surface area contributed by atoms with E-state index in [0.717, 1.165) is 5.57 Å². The summed E-state index contributed by atoms with van der Waals surface area (Å²) in [5, 5.41) is 211. The summed E-state index contributed by atoms with van der Waals surface area (Å²) in [6.07, 6.45) is -45.9. The van der Waals surface area contributed by atoms with Gasteiger partial charge in [-0.05, 0) is 98.7 Å². The molecule has 0 bridgehead atoms. The topological polar surface area (TPSA) is 512 Å². The van der Waals surface area contributed by atoms with Crippen molar-refractivity contribution in [3.63, 3.8) is 0 Å². The van der Waals surface area contributed by atoms with E-state index in [1.54, 1.807) is 6.92 Å². The highest BCUT2D eigenvalue weighted by molar-refractivity contribution is 5.79. The number of carbonyl (C=O) groups excluding carboxylic acids is 1. The number of allylic oxidation sites excluding steroid dienone is 2. The van der Waals surface area contributed by atoms with Gasteiger partial charge >= 0.3 is 5.97 Å². The Labute approximate surface area is 555 Å². The Balaban J connectivity index is 0.793. The molecular weight excluding hydrogens is 1280 g/mol. The van der Waals surface area contributed by atoms with Gasteiger partial charge in [-0.1, -0.05) is 53.2 Å². The maximum absolute atomic E-state index is 15.5. The highest BCUT2D eigenvalue weighted by atomic mass is 16.8. The quantitative estimate of drug-likeness (QED) is 0.0412. The van der Waals surface area contributed by atoms with Crippen molar-refractivity contribution in [3.8, 4) is 0 Å². The van der Waals surface area contributed by atoms with Crippen LogP contribution in [0, 0.1) is 50.2 Å². The monoisotopic (exact) mass is 1380 g/mol. The Kier molecular flexibility index (Phi) is 21.8. The molecule has 39 atom stereocenters. The lowest BCUT2D eigenvalue weighted by molar-refractivity contribution is -0.377. The number of aliphatic hydroxyl groups is 19. The van der Waals surface area contributed by atoms with Gasteiger partial charge in [0.2, 0.25) is 6.29 Å². The van der Waals surface area contributed by atoms with Crippen molar-refractivity contribution in [1.29, 1.82) is 0 Å². The lowest BCUT2D eigenvalue weighted by Crippen LogP contribution is -2.72. The summed E-state index contributed by atoms with van der Waals surface area (Å²) in [4.78, 5) is 15.5. The Morgan fingerprint density at radius 2 is 1.01 bits per heavy atom. The first-order chi connectivity index (χ1) is 45.0. The SMILES string of the molecule is C[C@@H]1O[C@@H](O[C@@H]2[C@@H](O)[C@H](O[C@@H]3[C@@H](O)[C@@H](O)[C@H](O[C@H]4[C@H](OC(=O)[C@]56CCC(C)(C)C[C@H]5C5=CC[C@@H]7[C@@]8(C)C[C@H](O)[C@H](O[C@@H]9O[C@H](CO)[C@@H](O)[C@H](O[C@@H]%10O[C@H](CO)[C@@H](O)[C@H](O)[C@H]%10O)[C@H]9O)[C@@](C)(CO)[C@@H]8[C@H](O)C[C@@]7(C)[C@]5(C)CC6)OC[C@H](O)[C@@H]4O)O[C@H]3C)OC[C@H]2O)[C@H](O)[C@H](O)[C@H]1O. The molecule has 11 rings (SSSR count). The molecule has 32 heteroatoms. The van der Waals surface area contributed by atoms with Gasteiger partial charge in [0.25, 0.3) is 0 Å². The van der Waals surface area contributed by atoms with Gasteiger partial charge < -0.3 is 154 Å². The molecule has 552 valence electrons. The van der Waals surface area contributed by atoms with Crippen molar-refractivity contribution in [2.75, 3.05) is 33.0 Å². The molecule has 0 aromatic rings. The number of hydrogen-bond donors (Lipinski definition) is 19. The normalized spacial score (nSPS) is 55.9. The molecule has 11 aliphatic rings. The van der Waals surface area contributed by atoms with Crippen molar-refractivity contribution in [2.24, 2.45) is 50.2 Å². The fourth-order valence-electron chi connectivity index (χ4n) is 19.2. The number of ether oxygens (including phenoxy) is 12. The van der Waals surface area contributed by atoms with E-state index < -0.39 is 268 Å². The summed E-state index contributed by atoms with van der Waals surface area (Å²) in [6.45, 7) is 11.7. The van der Waals surface area contributed by atoms with Gasteiger partial charge in [-0.15, -0.1) is 0 Å². The minimum Gasteiger partial charge on any atom is -0.432 e. The molecule has 5 aliphatic carbocycles. The van der Waals surface area contributed by atoms with Crippen LogP contribution in [0.5, 0.6) is 0 Å². The van der Waals surface area contributed by atoms with Gasteiger partial charge in [0.1, 0.15) is 116 Å². The molecular formula is C64H104O32. The highest BCUT2D eigenvalue weighted by Gasteiger charge is 2.74. The Bertz CT molecular complexity index is 2720. The summed E-state index contributed by atoms with van der Waals surface area (Å²) >= 11 is 0. The lowest BCUT2D eigenvalue weighted by atomic mass is 9.33. The molecule has 0 aromatic heterocycles. The third kappa shape index (κ3) is 12.6. The summed E-state index contributed by atoms with van der Waals surface area (Å²) in [6, 6.07) is 0. The molecule has 4 saturated carbocycles. The van der Waals surface area contributed by atoms with Gasteiger partial charge in [0.05, 0.1) is 69.0 Å². The van der Waals surface area contributed by atoms with Crippen LogP contribution in [-0.2, 0) is 61.6 Å². The minimum absolute atomic E-state index is 0.00766. The van der Waals surface area contributed by atoms with Crippen molar-refractivity contribution in [3.05, 3.63) is 11.6 Å². The molecule has 0 unspecified atom stereocenters. The summed E-state index contributed by atoms with van der Waals surface area (Å²) in [7, 11) is 0. The number of carbonyl (C=O) groups is 1. The van der Waals surface area contributed by atoms with E-state index in [2.05, 4.69) is 33.8 Å². The average molecular weight is 1390 g/mol. The first-order valence-electron chi connectivity index (χ1n) is 33.7. The third-order valence-corrected chi connectivity index (χ3v) is 24.8. The number of fused-ring (bicyclic) bond motifs is 7. The zero-order valence-corrected chi connectivity index (χ0v) is 55.2. The largest absolute Gasteiger partial charge is 0.432 e. The van der Waals surface area contributed by atoms with Crippen molar-refractivity contribution < 1.29 is 159 Å². The standard InChI is InChI=1S/C64H104O32/c1-23-34(72)38(76)41(79)53(87-23)92-47-30(71)21-85-52(44(47)82)91-46-24(2)88-54(43(81)40(46)78)94-49-35(73)29(70)20-86-57(49)96-58(84)64-13-11-59(3,4)15-26(64)25-9-10-33-60(5)16-28(69)51(61(6,22-67)50(60)27(68)17-63(33,8)62(25,7)12-14-64)95-56-45(83)48(37(75)32(19-66)90-56)93-55-42(80)39(77)36(74)31(18-65)89-55/h9,23-24,26-57,65-83H,10-22H2,1-8H3/t23-,24-,26-,27+,28-,29-,30+,31+,32+,33+,34-,35-,36+,37+,38+,39-,40-,41+,42+,43+,44+,45+,46-,47-,48-,49+,50+,51-,52-,53-,54-,55-,56-,57-,60+,61-,62+,63+,64-/m0/s1. The van der Waals surface area contributed by atoms with Gasteiger partial charge in [0, 0.05) is 11.3 Å². The molecule has 0 amide bonds. The molecule has 19 N–H and O–H groups in total. The summed E-state index contributed by atoms with van der Waals surface area (Å²) < 4.78 is 70.9. The van der Waals surface area contributed by atoms with E-state index in [-0.39, 0.29) is 30.6 Å². The third-order valence-electron chi connectivity index (χ3n) is 24.8. The molecule has 6 saturated heterocycles. The van der Waals surface area contributed by atoms with E-state index in [0.29, 0.717) is 32.1 Å². The molecule has 10 fully saturated rings. The second kappa shape index (κ2) is 27.9. The summed E-state index contributed by atoms with van der Waals surface area (Å²) in [5.74, 6) is -2.20. The predicted molar refractivity (Wildman–Crippen MR) is 317 cm³/mol. The average Bonchev–Trinajstić information content (AvgIpc) is 0.667. The molecule has 96 heavy (non-hydrogen) atoms. The zero-order chi connectivity index (χ0) is 70.2. The smallest absolute Gasteiger partial charge is 0.315 e. The molecule has 0 aromatic carbocycles. The van der Waals surface area contributed by atoms with Crippen molar-refractivity contribution in [2.45, 2.75) is 297 Å². The van der Waals surface area contributed by atoms with Crippen LogP contribution in [0.15, 0.2) is 11.6 Å². The molecule has 0 spiro atoms. The van der Waals surface area contributed by atoms with E-state index in [9.17, 15) is 97.0 Å². The highest BCUT2D eigenvalue weighted by Crippen LogP contribution is 2.76. The molecule has 32 nitrogen and oxygen atoms in total. The van der Waals surface area contributed by atoms with Gasteiger partial charge in [-0.2, -0.15) is 0 Å². The van der Waals surface area contributed by atoms with Crippen LogP contribution in [0.1, 0.15) is 107 Å². The second-order valence-corrected chi connectivity index (χ2v) is 31.1. The first-order valence-corrected chi connectivity index (χ1v) is 33.7. The van der Waals surface area contributed by atoms with E-state index in [1.165, 1.54) is 13.8 Å². The van der Waals surface area contributed by atoms with Gasteiger partial charge in [-0.25, -0.2) is 0 Å². The Morgan fingerprint density at radius 1 is 0.479 bits per heavy atom. The zero-order valence-electron chi connectivity index (χ0n) is 55.2. The van der Waals surface area contributed by atoms with Crippen LogP contribution < -0.4 is 0 Å². The van der Waals surface area contributed by atoms with Crippen molar-refractivity contribution in [1.82, 2.24) is 0 Å². The van der Waals surface area contributed by atoms with Gasteiger partial charge in [0.15, 0.2) is 37.6 Å². The first kappa shape index (κ1) is 75.2. The fourth-order valence-corrected chi connectivity index (χ4v) is 19.2. The number of hydrogen-bond acceptors (Lipinski definition) is 32. The van der Waals surface area contributed by atoms with Crippen LogP contribution >= 0.6 is 0 Å². The second-order valence-electron chi connectivity index (χ2n) is 31.1. The maximum atomic E-state index is 15.5. The van der Waals surface area contributed by atoms with E-state index in [1.807, 2.05) is 6.92 Å². The lowest BCUT2D eigenvalue weighted by Gasteiger charge is -2.72. The van der Waals surface area contributed by atoms with E-state index >= 15 is 4.79 Å². The minimum atomic E-state index is -1.98. The van der Waals surface area contributed by atoms with Crippen LogP contribution in [-0.4, -0.2) is 326 Å². The fraction of sp³-hybridized carbons (Fsp3) is 0.953. The number of aliphatic hydroxyl groups excluding tert-OH is 19. The summed E-state index contributed by atoms with van der Waals surface area (Å²) in [5.41, 5.74) is -4.38. The van der Waals surface area contributed by atoms with E-state index in [4.69, 9.17) is 56.8 Å². The molecule has 6 aliphatic heterocycles. The molecule has 6 heterocycles.